The highest BCUT2D eigenvalue weighted by Crippen LogP contribution is 2.39. The average molecular weight is 346 g/mol. The molecule has 0 fully saturated rings. The summed E-state index contributed by atoms with van der Waals surface area (Å²) in [4.78, 5) is 9.33. The van der Waals surface area contributed by atoms with Gasteiger partial charge in [0.25, 0.3) is 0 Å². The van der Waals surface area contributed by atoms with Gasteiger partial charge in [-0.25, -0.2) is 4.98 Å². The average Bonchev–Trinajstić information content (AvgIpc) is 3.28. The molecule has 6 nitrogen and oxygen atoms in total. The van der Waals surface area contributed by atoms with Gasteiger partial charge in [-0.3, -0.25) is 4.98 Å². The van der Waals surface area contributed by atoms with E-state index in [4.69, 9.17) is 14.5 Å². The molecular weight excluding hydrogens is 328 g/mol. The second-order valence-corrected chi connectivity index (χ2v) is 6.43. The third kappa shape index (κ3) is 2.42. The van der Waals surface area contributed by atoms with Gasteiger partial charge in [-0.05, 0) is 43.7 Å². The fourth-order valence-corrected chi connectivity index (χ4v) is 3.40. The van der Waals surface area contributed by atoms with Gasteiger partial charge >= 0.3 is 0 Å². The molecule has 0 saturated carbocycles. The number of ether oxygens (including phenoxy) is 2. The first-order valence-corrected chi connectivity index (χ1v) is 8.66. The third-order valence-electron chi connectivity index (χ3n) is 4.67. The van der Waals surface area contributed by atoms with Crippen molar-refractivity contribution in [1.82, 2.24) is 14.5 Å². The van der Waals surface area contributed by atoms with Crippen LogP contribution in [0.3, 0.4) is 0 Å². The van der Waals surface area contributed by atoms with Crippen LogP contribution in [0.1, 0.15) is 25.2 Å². The lowest BCUT2D eigenvalue weighted by Crippen LogP contribution is -2.12. The summed E-state index contributed by atoms with van der Waals surface area (Å²) in [5.74, 6) is 3.40. The summed E-state index contributed by atoms with van der Waals surface area (Å²) in [5.41, 5.74) is 2.62. The molecule has 0 bridgehead atoms. The Morgan fingerprint density at radius 3 is 2.96 bits per heavy atom. The van der Waals surface area contributed by atoms with Crippen LogP contribution in [-0.4, -0.2) is 21.3 Å². The van der Waals surface area contributed by atoms with Gasteiger partial charge in [-0.2, -0.15) is 0 Å². The molecule has 2 aliphatic rings. The van der Waals surface area contributed by atoms with Crippen LogP contribution in [0.25, 0.3) is 17.5 Å². The molecule has 5 rings (SSSR count). The second kappa shape index (κ2) is 5.91. The standard InChI is InChI=1S/C20H18N4O2/c1-13-5-4-7-18-23-19(15-6-2-3-10-21-15)20(24(13)18)22-14-8-9-16-17(11-14)26-12-25-16/h2-4,6-11,13,22H,5,12H2,1H3. The van der Waals surface area contributed by atoms with Crippen LogP contribution in [0.5, 0.6) is 11.5 Å². The predicted molar refractivity (Wildman–Crippen MR) is 99.7 cm³/mol. The van der Waals surface area contributed by atoms with Crippen molar-refractivity contribution in [1.29, 1.82) is 0 Å². The Balaban J connectivity index is 1.62. The van der Waals surface area contributed by atoms with Gasteiger partial charge in [0.1, 0.15) is 17.3 Å². The number of rotatable bonds is 3. The van der Waals surface area contributed by atoms with Crippen molar-refractivity contribution in [3.63, 3.8) is 0 Å². The van der Waals surface area contributed by atoms with Crippen molar-refractivity contribution in [2.45, 2.75) is 19.4 Å². The zero-order valence-electron chi connectivity index (χ0n) is 14.3. The molecular formula is C20H18N4O2. The summed E-state index contributed by atoms with van der Waals surface area (Å²) in [6, 6.07) is 12.0. The topological polar surface area (TPSA) is 61.2 Å². The van der Waals surface area contributed by atoms with E-state index >= 15 is 0 Å². The quantitative estimate of drug-likeness (QED) is 0.762. The van der Waals surface area contributed by atoms with Crippen molar-refractivity contribution >= 4 is 17.6 Å². The van der Waals surface area contributed by atoms with Crippen molar-refractivity contribution in [2.24, 2.45) is 0 Å². The van der Waals surface area contributed by atoms with E-state index in [9.17, 15) is 0 Å². The molecule has 0 saturated heterocycles. The first-order chi connectivity index (χ1) is 12.8. The van der Waals surface area contributed by atoms with Crippen molar-refractivity contribution in [3.8, 4) is 22.9 Å². The summed E-state index contributed by atoms with van der Waals surface area (Å²) in [6.07, 6.45) is 6.99. The van der Waals surface area contributed by atoms with Gasteiger partial charge in [-0.1, -0.05) is 12.1 Å². The smallest absolute Gasteiger partial charge is 0.231 e. The Morgan fingerprint density at radius 2 is 2.08 bits per heavy atom. The Bertz CT molecular complexity index is 995. The van der Waals surface area contributed by atoms with E-state index in [-0.39, 0.29) is 6.79 Å². The molecule has 6 heteroatoms. The van der Waals surface area contributed by atoms with Gasteiger partial charge in [0.2, 0.25) is 6.79 Å². The number of nitrogens with zero attached hydrogens (tertiary/aromatic N) is 3. The predicted octanol–water partition coefficient (Wildman–Crippen LogP) is 4.40. The molecule has 0 amide bonds. The number of fused-ring (bicyclic) bond motifs is 2. The molecule has 2 aliphatic heterocycles. The maximum atomic E-state index is 5.50. The normalized spacial score (nSPS) is 17.2. The number of hydrogen-bond acceptors (Lipinski definition) is 5. The lowest BCUT2D eigenvalue weighted by atomic mass is 10.1. The largest absolute Gasteiger partial charge is 0.454 e. The number of anilines is 2. The number of nitrogens with one attached hydrogen (secondary N) is 1. The molecule has 130 valence electrons. The highest BCUT2D eigenvalue weighted by Gasteiger charge is 2.24. The number of aromatic nitrogens is 3. The minimum absolute atomic E-state index is 0.266. The van der Waals surface area contributed by atoms with E-state index in [0.29, 0.717) is 6.04 Å². The van der Waals surface area contributed by atoms with Gasteiger partial charge in [0.05, 0.1) is 5.69 Å². The van der Waals surface area contributed by atoms with Crippen LogP contribution in [-0.2, 0) is 0 Å². The molecule has 3 aromatic rings. The van der Waals surface area contributed by atoms with Gasteiger partial charge < -0.3 is 19.4 Å². The van der Waals surface area contributed by atoms with Crippen LogP contribution < -0.4 is 14.8 Å². The molecule has 2 aromatic heterocycles. The maximum Gasteiger partial charge on any atom is 0.231 e. The minimum Gasteiger partial charge on any atom is -0.454 e. The second-order valence-electron chi connectivity index (χ2n) is 6.43. The number of benzene rings is 1. The Hall–Kier alpha value is -3.28. The van der Waals surface area contributed by atoms with Crippen molar-refractivity contribution < 1.29 is 9.47 Å². The van der Waals surface area contributed by atoms with Gasteiger partial charge in [0.15, 0.2) is 11.5 Å². The molecule has 1 N–H and O–H groups in total. The molecule has 0 aliphatic carbocycles. The van der Waals surface area contributed by atoms with E-state index in [2.05, 4.69) is 33.9 Å². The van der Waals surface area contributed by atoms with E-state index in [1.54, 1.807) is 6.20 Å². The molecule has 1 unspecified atom stereocenters. The van der Waals surface area contributed by atoms with Crippen LogP contribution in [0.2, 0.25) is 0 Å². The molecule has 0 radical (unpaired) electrons. The SMILES string of the molecule is CC1CC=Cc2nc(-c3ccccn3)c(Nc3ccc4c(c3)OCO4)n21. The fraction of sp³-hybridized carbons (Fsp3) is 0.200. The molecule has 1 aromatic carbocycles. The van der Waals surface area contributed by atoms with E-state index in [0.717, 1.165) is 46.6 Å². The number of allylic oxidation sites excluding steroid dienone is 1. The molecule has 0 spiro atoms. The zero-order chi connectivity index (χ0) is 17.5. The van der Waals surface area contributed by atoms with Crippen LogP contribution in [0, 0.1) is 0 Å². The third-order valence-corrected chi connectivity index (χ3v) is 4.67. The van der Waals surface area contributed by atoms with E-state index in [1.807, 2.05) is 36.4 Å². The van der Waals surface area contributed by atoms with Gasteiger partial charge in [-0.15, -0.1) is 0 Å². The maximum absolute atomic E-state index is 5.50. The lowest BCUT2D eigenvalue weighted by molar-refractivity contribution is 0.174. The summed E-state index contributed by atoms with van der Waals surface area (Å²) in [6.45, 7) is 2.46. The molecule has 4 heterocycles. The minimum atomic E-state index is 0.266. The summed E-state index contributed by atoms with van der Waals surface area (Å²) >= 11 is 0. The van der Waals surface area contributed by atoms with Crippen molar-refractivity contribution in [2.75, 3.05) is 12.1 Å². The van der Waals surface area contributed by atoms with E-state index in [1.165, 1.54) is 0 Å². The Kier molecular flexibility index (Phi) is 3.41. The highest BCUT2D eigenvalue weighted by atomic mass is 16.7. The zero-order valence-corrected chi connectivity index (χ0v) is 14.3. The first-order valence-electron chi connectivity index (χ1n) is 8.66. The van der Waals surface area contributed by atoms with Crippen LogP contribution >= 0.6 is 0 Å². The monoisotopic (exact) mass is 346 g/mol. The lowest BCUT2D eigenvalue weighted by Gasteiger charge is -2.21. The first kappa shape index (κ1) is 15.0. The molecule has 1 atom stereocenters. The Labute approximate surface area is 151 Å². The summed E-state index contributed by atoms with van der Waals surface area (Å²) < 4.78 is 13.1. The van der Waals surface area contributed by atoms with Crippen LogP contribution in [0.15, 0.2) is 48.7 Å². The fourth-order valence-electron chi connectivity index (χ4n) is 3.40. The Morgan fingerprint density at radius 1 is 1.15 bits per heavy atom. The number of pyridine rings is 1. The summed E-state index contributed by atoms with van der Waals surface area (Å²) in [7, 11) is 0. The van der Waals surface area contributed by atoms with Gasteiger partial charge in [0, 0.05) is 24.0 Å². The number of imidazole rings is 1. The molecule has 26 heavy (non-hydrogen) atoms. The number of hydrogen-bond donors (Lipinski definition) is 1. The van der Waals surface area contributed by atoms with Crippen molar-refractivity contribution in [3.05, 3.63) is 54.5 Å². The summed E-state index contributed by atoms with van der Waals surface area (Å²) in [5, 5.41) is 3.53. The highest BCUT2D eigenvalue weighted by molar-refractivity contribution is 5.77. The van der Waals surface area contributed by atoms with Crippen LogP contribution in [0.4, 0.5) is 11.5 Å². The van der Waals surface area contributed by atoms with E-state index < -0.39 is 0 Å².